The van der Waals surface area contributed by atoms with Crippen LogP contribution in [0.4, 0.5) is 5.69 Å². The summed E-state index contributed by atoms with van der Waals surface area (Å²) in [6, 6.07) is 5.48. The molecule has 0 saturated carbocycles. The highest BCUT2D eigenvalue weighted by atomic mass is 35.5. The Bertz CT molecular complexity index is 721. The summed E-state index contributed by atoms with van der Waals surface area (Å²) in [4.78, 5) is 26.2. The molecule has 0 atom stereocenters. The summed E-state index contributed by atoms with van der Waals surface area (Å²) < 4.78 is 5.51. The predicted octanol–water partition coefficient (Wildman–Crippen LogP) is 3.19. The molecule has 114 valence electrons. The molecule has 8 heteroatoms. The molecule has 1 aromatic heterocycles. The third-order valence-electron chi connectivity index (χ3n) is 2.66. The second-order valence-electron chi connectivity index (χ2n) is 4.24. The highest BCUT2D eigenvalue weighted by Gasteiger charge is 2.20. The fourth-order valence-electron chi connectivity index (χ4n) is 1.76. The summed E-state index contributed by atoms with van der Waals surface area (Å²) in [7, 11) is 0. The summed E-state index contributed by atoms with van der Waals surface area (Å²) in [5.41, 5.74) is -0.359. The van der Waals surface area contributed by atoms with Crippen LogP contribution >= 0.6 is 11.6 Å². The van der Waals surface area contributed by atoms with Gasteiger partial charge in [0.05, 0.1) is 16.1 Å². The molecule has 1 heterocycles. The van der Waals surface area contributed by atoms with Crippen molar-refractivity contribution < 1.29 is 14.5 Å². The average molecular weight is 322 g/mol. The molecule has 0 unspecified atom stereocenters. The summed E-state index contributed by atoms with van der Waals surface area (Å²) >= 11 is 5.80. The minimum atomic E-state index is -0.616. The number of carbonyl (C=O) groups excluding carboxylic acids is 1. The lowest BCUT2D eigenvalue weighted by atomic mass is 10.1. The Hall–Kier alpha value is -2.67. The molecule has 2 aromatic rings. The zero-order chi connectivity index (χ0) is 16.1. The van der Waals surface area contributed by atoms with Gasteiger partial charge in [0.2, 0.25) is 0 Å². The number of nitrogens with one attached hydrogen (secondary N) is 1. The first-order chi connectivity index (χ1) is 10.5. The smallest absolute Gasteiger partial charge is 0.282 e. The van der Waals surface area contributed by atoms with E-state index in [-0.39, 0.29) is 17.0 Å². The maximum Gasteiger partial charge on any atom is 0.282 e. The van der Waals surface area contributed by atoms with Crippen molar-refractivity contribution >= 4 is 23.2 Å². The van der Waals surface area contributed by atoms with E-state index in [1.54, 1.807) is 13.0 Å². The number of nitrogens with zero attached hydrogens (tertiary/aromatic N) is 2. The molecule has 2 rings (SSSR count). The second kappa shape index (κ2) is 6.86. The van der Waals surface area contributed by atoms with Crippen LogP contribution in [-0.2, 0) is 0 Å². The molecule has 0 spiro atoms. The van der Waals surface area contributed by atoms with Crippen LogP contribution in [0.2, 0.25) is 5.02 Å². The van der Waals surface area contributed by atoms with Crippen LogP contribution in [-0.4, -0.2) is 22.4 Å². The number of ether oxygens (including phenoxy) is 1. The number of pyridine rings is 1. The predicted molar refractivity (Wildman–Crippen MR) is 80.4 cm³/mol. The lowest BCUT2D eigenvalue weighted by Gasteiger charge is -2.08. The molecular formula is C14H12ClN3O4. The first-order valence-electron chi connectivity index (χ1n) is 6.36. The molecule has 0 bridgehead atoms. The Labute approximate surface area is 131 Å². The third-order valence-corrected chi connectivity index (χ3v) is 2.87. The molecule has 1 aromatic carbocycles. The lowest BCUT2D eigenvalue weighted by molar-refractivity contribution is -0.385. The zero-order valence-electron chi connectivity index (χ0n) is 11.6. The van der Waals surface area contributed by atoms with Crippen LogP contribution in [0.5, 0.6) is 11.5 Å². The normalized spacial score (nSPS) is 10.1. The lowest BCUT2D eigenvalue weighted by Crippen LogP contribution is -2.23. The maximum absolute atomic E-state index is 11.9. The average Bonchev–Trinajstić information content (AvgIpc) is 2.47. The maximum atomic E-state index is 11.9. The first-order valence-corrected chi connectivity index (χ1v) is 6.74. The van der Waals surface area contributed by atoms with Crippen molar-refractivity contribution in [3.8, 4) is 11.5 Å². The third kappa shape index (κ3) is 3.70. The zero-order valence-corrected chi connectivity index (χ0v) is 12.3. The largest absolute Gasteiger partial charge is 0.456 e. The van der Waals surface area contributed by atoms with E-state index in [4.69, 9.17) is 16.3 Å². The van der Waals surface area contributed by atoms with Crippen molar-refractivity contribution in [1.82, 2.24) is 10.3 Å². The molecule has 0 aliphatic heterocycles. The van der Waals surface area contributed by atoms with Crippen LogP contribution in [0.15, 0.2) is 36.7 Å². The molecule has 1 amide bonds. The van der Waals surface area contributed by atoms with Gasteiger partial charge in [-0.15, -0.1) is 0 Å². The van der Waals surface area contributed by atoms with E-state index in [1.807, 2.05) is 0 Å². The minimum absolute atomic E-state index is 0.0701. The van der Waals surface area contributed by atoms with Crippen LogP contribution in [0.3, 0.4) is 0 Å². The van der Waals surface area contributed by atoms with E-state index >= 15 is 0 Å². The molecule has 0 saturated heterocycles. The van der Waals surface area contributed by atoms with Crippen molar-refractivity contribution in [3.63, 3.8) is 0 Å². The number of halogens is 1. The summed E-state index contributed by atoms with van der Waals surface area (Å²) in [5.74, 6) is 0.1000. The quantitative estimate of drug-likeness (QED) is 0.674. The molecule has 7 nitrogen and oxygen atoms in total. The van der Waals surface area contributed by atoms with Gasteiger partial charge in [-0.1, -0.05) is 11.6 Å². The Kier molecular flexibility index (Phi) is 4.90. The number of benzene rings is 1. The molecule has 0 aliphatic rings. The van der Waals surface area contributed by atoms with E-state index < -0.39 is 10.8 Å². The van der Waals surface area contributed by atoms with Crippen LogP contribution in [0, 0.1) is 10.1 Å². The van der Waals surface area contributed by atoms with E-state index in [0.717, 1.165) is 0 Å². The van der Waals surface area contributed by atoms with Crippen LogP contribution in [0.1, 0.15) is 17.3 Å². The van der Waals surface area contributed by atoms with Gasteiger partial charge in [0, 0.05) is 30.9 Å². The Balaban J connectivity index is 2.35. The molecular weight excluding hydrogens is 310 g/mol. The number of aromatic nitrogens is 1. The van der Waals surface area contributed by atoms with Gasteiger partial charge in [-0.2, -0.15) is 0 Å². The van der Waals surface area contributed by atoms with Gasteiger partial charge in [-0.05, 0) is 13.0 Å². The second-order valence-corrected chi connectivity index (χ2v) is 4.67. The molecule has 22 heavy (non-hydrogen) atoms. The first kappa shape index (κ1) is 15.7. The van der Waals surface area contributed by atoms with Crippen LogP contribution in [0.25, 0.3) is 0 Å². The standard InChI is InChI=1S/C14H12ClN3O4/c1-2-17-14(19)12-6-10(3-4-13(12)18(20)21)22-11-5-9(15)7-16-8-11/h3-8H,2H2,1H3,(H,17,19). The Morgan fingerprint density at radius 3 is 2.77 bits per heavy atom. The SMILES string of the molecule is CCNC(=O)c1cc(Oc2cncc(Cl)c2)ccc1[N+](=O)[O-]. The van der Waals surface area contributed by atoms with Gasteiger partial charge >= 0.3 is 0 Å². The van der Waals surface area contributed by atoms with Gasteiger partial charge in [0.1, 0.15) is 17.1 Å². The summed E-state index contributed by atoms with van der Waals surface area (Å²) in [5, 5.41) is 13.9. The van der Waals surface area contributed by atoms with Crippen LogP contribution < -0.4 is 10.1 Å². The fourth-order valence-corrected chi connectivity index (χ4v) is 1.92. The van der Waals surface area contributed by atoms with Gasteiger partial charge < -0.3 is 10.1 Å². The van der Waals surface area contributed by atoms with Gasteiger partial charge in [0.15, 0.2) is 0 Å². The van der Waals surface area contributed by atoms with E-state index in [2.05, 4.69) is 10.3 Å². The number of rotatable bonds is 5. The monoisotopic (exact) mass is 321 g/mol. The Morgan fingerprint density at radius 2 is 2.14 bits per heavy atom. The van der Waals surface area contributed by atoms with Crippen molar-refractivity contribution in [2.24, 2.45) is 0 Å². The molecule has 0 aliphatic carbocycles. The highest BCUT2D eigenvalue weighted by molar-refractivity contribution is 6.30. The molecule has 0 fully saturated rings. The number of nitro groups is 1. The fraction of sp³-hybridized carbons (Fsp3) is 0.143. The number of carbonyl (C=O) groups is 1. The summed E-state index contributed by atoms with van der Waals surface area (Å²) in [6.07, 6.45) is 2.89. The molecule has 1 N–H and O–H groups in total. The number of nitro benzene ring substituents is 1. The van der Waals surface area contributed by atoms with Crippen molar-refractivity contribution in [2.75, 3.05) is 6.54 Å². The highest BCUT2D eigenvalue weighted by Crippen LogP contribution is 2.28. The van der Waals surface area contributed by atoms with Gasteiger partial charge in [0.25, 0.3) is 11.6 Å². The Morgan fingerprint density at radius 1 is 1.36 bits per heavy atom. The summed E-state index contributed by atoms with van der Waals surface area (Å²) in [6.45, 7) is 2.08. The van der Waals surface area contributed by atoms with E-state index in [9.17, 15) is 14.9 Å². The van der Waals surface area contributed by atoms with Crippen molar-refractivity contribution in [2.45, 2.75) is 6.92 Å². The van der Waals surface area contributed by atoms with Gasteiger partial charge in [-0.25, -0.2) is 0 Å². The number of hydrogen-bond donors (Lipinski definition) is 1. The van der Waals surface area contributed by atoms with Crippen molar-refractivity contribution in [1.29, 1.82) is 0 Å². The van der Waals surface area contributed by atoms with E-state index in [0.29, 0.717) is 17.3 Å². The molecule has 0 radical (unpaired) electrons. The van der Waals surface area contributed by atoms with Gasteiger partial charge in [-0.3, -0.25) is 19.9 Å². The van der Waals surface area contributed by atoms with E-state index in [1.165, 1.54) is 30.6 Å². The number of amides is 1. The number of hydrogen-bond acceptors (Lipinski definition) is 5. The topological polar surface area (TPSA) is 94.4 Å². The minimum Gasteiger partial charge on any atom is -0.456 e. The van der Waals surface area contributed by atoms with Crippen molar-refractivity contribution in [3.05, 3.63) is 57.4 Å².